The van der Waals surface area contributed by atoms with Gasteiger partial charge in [0.15, 0.2) is 5.78 Å². The van der Waals surface area contributed by atoms with E-state index in [0.29, 0.717) is 30.1 Å². The van der Waals surface area contributed by atoms with Gasteiger partial charge in [0, 0.05) is 29.7 Å². The van der Waals surface area contributed by atoms with Crippen LogP contribution in [0.2, 0.25) is 0 Å². The highest BCUT2D eigenvalue weighted by Crippen LogP contribution is 2.60. The Balaban J connectivity index is 1.87. The molecule has 3 aliphatic carbocycles. The first-order valence-electron chi connectivity index (χ1n) is 8.38. The van der Waals surface area contributed by atoms with E-state index in [9.17, 15) is 10.1 Å². The van der Waals surface area contributed by atoms with Crippen LogP contribution < -0.4 is 5.73 Å². The summed E-state index contributed by atoms with van der Waals surface area (Å²) in [5, 5.41) is 9.67. The number of nitrogens with zero attached hydrogens (tertiary/aromatic N) is 1. The average Bonchev–Trinajstić information content (AvgIpc) is 3.06. The van der Waals surface area contributed by atoms with Gasteiger partial charge in [-0.25, -0.2) is 0 Å². The Hall–Kier alpha value is -2.02. The van der Waals surface area contributed by atoms with Crippen molar-refractivity contribution in [2.24, 2.45) is 28.4 Å². The zero-order valence-electron chi connectivity index (χ0n) is 13.7. The van der Waals surface area contributed by atoms with Gasteiger partial charge >= 0.3 is 0 Å². The van der Waals surface area contributed by atoms with Crippen molar-refractivity contribution in [1.29, 1.82) is 5.26 Å². The molecule has 0 radical (unpaired) electrons. The SMILES string of the molecule is CC1(C)CC(=O)C2=C(C1)OC(N)=C(C#N)[C@H]2[C@]12C=C[C@@H](CC1)C2. The molecule has 3 atom stereocenters. The maximum absolute atomic E-state index is 12.9. The number of hydrogen-bond acceptors (Lipinski definition) is 4. The number of nitrogens with two attached hydrogens (primary N) is 1. The maximum Gasteiger partial charge on any atom is 0.204 e. The van der Waals surface area contributed by atoms with E-state index in [4.69, 9.17) is 10.5 Å². The first-order chi connectivity index (χ1) is 10.9. The molecule has 0 aromatic heterocycles. The molecular formula is C19H22N2O2. The standard InChI is InChI=1S/C19H22N2O2/c1-18(2)8-13(22)15-14(9-18)23-17(21)12(10-20)16(15)19-5-3-11(7-19)4-6-19/h3,5,11,16H,4,6-9,21H2,1-2H3/t11-,16+,19+/m0/s1. The smallest absolute Gasteiger partial charge is 0.204 e. The van der Waals surface area contributed by atoms with Crippen LogP contribution in [0, 0.1) is 34.0 Å². The van der Waals surface area contributed by atoms with Crippen LogP contribution >= 0.6 is 0 Å². The molecule has 0 unspecified atom stereocenters. The van der Waals surface area contributed by atoms with Gasteiger partial charge in [-0.15, -0.1) is 0 Å². The van der Waals surface area contributed by atoms with Crippen molar-refractivity contribution in [3.8, 4) is 6.07 Å². The number of rotatable bonds is 1. The van der Waals surface area contributed by atoms with Crippen LogP contribution in [0.25, 0.3) is 0 Å². The Morgan fingerprint density at radius 2 is 2.17 bits per heavy atom. The molecule has 1 aliphatic heterocycles. The number of ether oxygens (including phenoxy) is 1. The summed E-state index contributed by atoms with van der Waals surface area (Å²) in [5.41, 5.74) is 7.01. The lowest BCUT2D eigenvalue weighted by Crippen LogP contribution is -2.40. The fourth-order valence-electron chi connectivity index (χ4n) is 5.01. The Kier molecular flexibility index (Phi) is 2.85. The van der Waals surface area contributed by atoms with Crippen molar-refractivity contribution in [3.05, 3.63) is 34.9 Å². The third-order valence-corrected chi connectivity index (χ3v) is 5.97. The number of ketones is 1. The summed E-state index contributed by atoms with van der Waals surface area (Å²) in [5.74, 6) is 1.38. The molecule has 4 rings (SSSR count). The van der Waals surface area contributed by atoms with E-state index in [1.54, 1.807) is 0 Å². The quantitative estimate of drug-likeness (QED) is 0.754. The Bertz CT molecular complexity index is 735. The number of fused-ring (bicyclic) bond motifs is 2. The van der Waals surface area contributed by atoms with E-state index >= 15 is 0 Å². The summed E-state index contributed by atoms with van der Waals surface area (Å²) in [4.78, 5) is 12.9. The van der Waals surface area contributed by atoms with Gasteiger partial charge in [-0.3, -0.25) is 4.79 Å². The summed E-state index contributed by atoms with van der Waals surface area (Å²) in [7, 11) is 0. The van der Waals surface area contributed by atoms with Crippen LogP contribution in [0.3, 0.4) is 0 Å². The van der Waals surface area contributed by atoms with Crippen molar-refractivity contribution in [2.45, 2.75) is 46.0 Å². The molecule has 0 aromatic carbocycles. The Morgan fingerprint density at radius 1 is 1.39 bits per heavy atom. The minimum atomic E-state index is -0.219. The first kappa shape index (κ1) is 14.6. The van der Waals surface area contributed by atoms with Gasteiger partial charge < -0.3 is 10.5 Å². The van der Waals surface area contributed by atoms with Gasteiger partial charge in [0.25, 0.3) is 0 Å². The van der Waals surface area contributed by atoms with E-state index in [1.165, 1.54) is 0 Å². The van der Waals surface area contributed by atoms with Gasteiger partial charge in [-0.1, -0.05) is 26.0 Å². The molecule has 1 fully saturated rings. The van der Waals surface area contributed by atoms with Gasteiger partial charge in [0.2, 0.25) is 5.88 Å². The molecule has 120 valence electrons. The van der Waals surface area contributed by atoms with E-state index in [2.05, 4.69) is 32.1 Å². The highest BCUT2D eigenvalue weighted by atomic mass is 16.5. The Labute approximate surface area is 136 Å². The second-order valence-corrected chi connectivity index (χ2v) is 8.30. The van der Waals surface area contributed by atoms with Crippen molar-refractivity contribution < 1.29 is 9.53 Å². The first-order valence-corrected chi connectivity index (χ1v) is 8.38. The lowest BCUT2D eigenvalue weighted by Gasteiger charge is -2.42. The van der Waals surface area contributed by atoms with E-state index in [-0.39, 0.29) is 28.4 Å². The molecule has 4 aliphatic rings. The number of Topliss-reactive ketones (excluding diaryl/α,β-unsaturated/α-hetero) is 1. The Morgan fingerprint density at radius 3 is 2.74 bits per heavy atom. The number of nitriles is 1. The number of carbonyl (C=O) groups excluding carboxylic acids is 1. The summed E-state index contributed by atoms with van der Waals surface area (Å²) >= 11 is 0. The van der Waals surface area contributed by atoms with Crippen LogP contribution in [0.1, 0.15) is 46.0 Å². The topological polar surface area (TPSA) is 76.1 Å². The highest BCUT2D eigenvalue weighted by Gasteiger charge is 2.54. The van der Waals surface area contributed by atoms with Gasteiger partial charge in [0.1, 0.15) is 11.8 Å². The molecule has 0 spiro atoms. The minimum Gasteiger partial charge on any atom is -0.444 e. The summed E-state index contributed by atoms with van der Waals surface area (Å²) < 4.78 is 5.76. The molecule has 4 nitrogen and oxygen atoms in total. The second-order valence-electron chi connectivity index (χ2n) is 8.30. The van der Waals surface area contributed by atoms with Crippen molar-refractivity contribution in [2.75, 3.05) is 0 Å². The third-order valence-electron chi connectivity index (χ3n) is 5.97. The van der Waals surface area contributed by atoms with Gasteiger partial charge in [0.05, 0.1) is 5.57 Å². The van der Waals surface area contributed by atoms with E-state index in [0.717, 1.165) is 24.8 Å². The normalized spacial score (nSPS) is 37.7. The molecule has 0 saturated heterocycles. The molecule has 23 heavy (non-hydrogen) atoms. The number of allylic oxidation sites excluding steroid dienone is 5. The number of carbonyl (C=O) groups is 1. The summed E-state index contributed by atoms with van der Waals surface area (Å²) in [6.07, 6.45) is 8.87. The van der Waals surface area contributed by atoms with Crippen molar-refractivity contribution in [3.63, 3.8) is 0 Å². The monoisotopic (exact) mass is 310 g/mol. The third kappa shape index (κ3) is 1.99. The lowest BCUT2D eigenvalue weighted by atomic mass is 9.62. The number of hydrogen-bond donors (Lipinski definition) is 1. The van der Waals surface area contributed by atoms with Crippen LogP contribution in [0.5, 0.6) is 0 Å². The minimum absolute atomic E-state index is 0.119. The molecule has 1 saturated carbocycles. The van der Waals surface area contributed by atoms with Crippen molar-refractivity contribution in [1.82, 2.24) is 0 Å². The fraction of sp³-hybridized carbons (Fsp3) is 0.579. The molecule has 4 heteroatoms. The van der Waals surface area contributed by atoms with E-state index < -0.39 is 0 Å². The summed E-state index contributed by atoms with van der Waals surface area (Å²) in [6.45, 7) is 4.15. The highest BCUT2D eigenvalue weighted by molar-refractivity contribution is 5.99. The molecule has 2 bridgehead atoms. The van der Waals surface area contributed by atoms with Gasteiger partial charge in [-0.05, 0) is 30.6 Å². The summed E-state index contributed by atoms with van der Waals surface area (Å²) in [6, 6.07) is 2.24. The zero-order valence-corrected chi connectivity index (χ0v) is 13.7. The molecule has 0 aromatic rings. The van der Waals surface area contributed by atoms with Gasteiger partial charge in [-0.2, -0.15) is 5.26 Å². The molecular weight excluding hydrogens is 288 g/mol. The zero-order chi connectivity index (χ0) is 16.4. The van der Waals surface area contributed by atoms with Crippen LogP contribution in [-0.4, -0.2) is 5.78 Å². The van der Waals surface area contributed by atoms with E-state index in [1.807, 2.05) is 0 Å². The van der Waals surface area contributed by atoms with Crippen LogP contribution in [-0.2, 0) is 9.53 Å². The lowest BCUT2D eigenvalue weighted by molar-refractivity contribution is -0.119. The second kappa shape index (κ2) is 4.50. The molecule has 2 N–H and O–H groups in total. The maximum atomic E-state index is 12.9. The van der Waals surface area contributed by atoms with Crippen molar-refractivity contribution >= 4 is 5.78 Å². The fourth-order valence-corrected chi connectivity index (χ4v) is 5.01. The van der Waals surface area contributed by atoms with Crippen LogP contribution in [0.15, 0.2) is 34.9 Å². The average molecular weight is 310 g/mol. The predicted octanol–water partition coefficient (Wildman–Crippen LogP) is 3.33. The van der Waals surface area contributed by atoms with Crippen LogP contribution in [0.4, 0.5) is 0 Å². The predicted molar refractivity (Wildman–Crippen MR) is 85.4 cm³/mol. The molecule has 1 heterocycles. The molecule has 0 amide bonds. The largest absolute Gasteiger partial charge is 0.444 e.